The molecule has 0 aliphatic heterocycles. The number of methoxy groups -OCH3 is 2. The van der Waals surface area contributed by atoms with Gasteiger partial charge in [0.05, 0.1) is 14.2 Å². The summed E-state index contributed by atoms with van der Waals surface area (Å²) in [7, 11) is 2.99. The smallest absolute Gasteiger partial charge is 0.228 e. The first-order valence-corrected chi connectivity index (χ1v) is 3.67. The first-order chi connectivity index (χ1) is 4.20. The summed E-state index contributed by atoms with van der Waals surface area (Å²) in [4.78, 5) is 0. The molecule has 0 radical (unpaired) electrons. The summed E-state index contributed by atoms with van der Waals surface area (Å²) < 4.78 is 10.1. The predicted molar refractivity (Wildman–Crippen MR) is 46.8 cm³/mol. The quantitative estimate of drug-likeness (QED) is 0.528. The molecule has 9 heavy (non-hydrogen) atoms. The molecule has 0 aliphatic rings. The molecule has 0 aromatic heterocycles. The lowest BCUT2D eigenvalue weighted by atomic mass is 11.5. The van der Waals surface area contributed by atoms with Crippen molar-refractivity contribution >= 4 is 45.0 Å². The van der Waals surface area contributed by atoms with Gasteiger partial charge in [-0.3, -0.25) is 0 Å². The zero-order valence-electron chi connectivity index (χ0n) is 5.04. The van der Waals surface area contributed by atoms with E-state index in [2.05, 4.69) is 33.9 Å². The zero-order chi connectivity index (χ0) is 7.28. The number of hydrogen-bond donors (Lipinski definition) is 0. The summed E-state index contributed by atoms with van der Waals surface area (Å²) in [5, 5.41) is 0. The molecule has 0 fully saturated rings. The van der Waals surface area contributed by atoms with Crippen molar-refractivity contribution < 1.29 is 9.47 Å². The van der Waals surface area contributed by atoms with Crippen LogP contribution in [0.25, 0.3) is 0 Å². The van der Waals surface area contributed by atoms with Crippen LogP contribution in [0.3, 0.4) is 0 Å². The van der Waals surface area contributed by atoms with Crippen LogP contribution in [0.15, 0.2) is 0 Å². The maximum atomic E-state index is 4.67. The molecule has 52 valence electrons. The molecule has 0 amide bonds. The molecule has 0 atom stereocenters. The molecule has 0 saturated heterocycles. The molecule has 2 nitrogen and oxygen atoms in total. The van der Waals surface area contributed by atoms with Crippen molar-refractivity contribution in [1.29, 1.82) is 0 Å². The molecule has 0 heterocycles. The Morgan fingerprint density at radius 3 is 1.67 bits per heavy atom. The van der Waals surface area contributed by atoms with Crippen molar-refractivity contribution in [2.45, 2.75) is 0 Å². The standard InChI is InChI=1S/C4H6O2S3/c1-5-3(7)9-4(8)6-2/h1-2H3. The first kappa shape index (κ1) is 9.13. The topological polar surface area (TPSA) is 18.5 Å². The van der Waals surface area contributed by atoms with Gasteiger partial charge >= 0.3 is 0 Å². The molecule has 0 aliphatic carbocycles. The van der Waals surface area contributed by atoms with E-state index in [0.717, 1.165) is 11.8 Å². The summed E-state index contributed by atoms with van der Waals surface area (Å²) in [5.41, 5.74) is 0. The minimum atomic E-state index is 0.377. The molecule has 0 aromatic carbocycles. The van der Waals surface area contributed by atoms with Crippen LogP contribution in [0.1, 0.15) is 0 Å². The van der Waals surface area contributed by atoms with E-state index in [1.54, 1.807) is 0 Å². The number of ether oxygens (including phenoxy) is 2. The monoisotopic (exact) mass is 182 g/mol. The predicted octanol–water partition coefficient (Wildman–Crippen LogP) is 1.58. The summed E-state index contributed by atoms with van der Waals surface area (Å²) in [5.74, 6) is 0. The van der Waals surface area contributed by atoms with Gasteiger partial charge < -0.3 is 9.47 Å². The van der Waals surface area contributed by atoms with Gasteiger partial charge in [0.2, 0.25) is 8.77 Å². The minimum Gasteiger partial charge on any atom is -0.482 e. The van der Waals surface area contributed by atoms with Gasteiger partial charge in [0.15, 0.2) is 0 Å². The van der Waals surface area contributed by atoms with E-state index < -0.39 is 0 Å². The second kappa shape index (κ2) is 4.96. The SMILES string of the molecule is COC(=S)SC(=S)OC. The van der Waals surface area contributed by atoms with E-state index >= 15 is 0 Å². The molecule has 0 spiro atoms. The Bertz CT molecular complexity index is 109. The number of hydrogen-bond acceptors (Lipinski definition) is 5. The van der Waals surface area contributed by atoms with Crippen molar-refractivity contribution in [3.05, 3.63) is 0 Å². The van der Waals surface area contributed by atoms with E-state index in [4.69, 9.17) is 0 Å². The van der Waals surface area contributed by atoms with Gasteiger partial charge in [-0.25, -0.2) is 0 Å². The Labute approximate surface area is 68.9 Å². The lowest BCUT2D eigenvalue weighted by molar-refractivity contribution is 0.421. The summed E-state index contributed by atoms with van der Waals surface area (Å²) in [6.45, 7) is 0. The molecule has 0 N–H and O–H groups in total. The Morgan fingerprint density at radius 1 is 1.11 bits per heavy atom. The third kappa shape index (κ3) is 4.62. The Hall–Kier alpha value is 0.130. The third-order valence-corrected chi connectivity index (χ3v) is 2.00. The van der Waals surface area contributed by atoms with Crippen molar-refractivity contribution in [1.82, 2.24) is 0 Å². The van der Waals surface area contributed by atoms with E-state index in [0.29, 0.717) is 8.77 Å². The summed E-state index contributed by atoms with van der Waals surface area (Å²) >= 11 is 10.5. The lowest BCUT2D eigenvalue weighted by Gasteiger charge is -1.99. The normalized spacial score (nSPS) is 8.22. The minimum absolute atomic E-state index is 0.377. The first-order valence-electron chi connectivity index (χ1n) is 2.04. The molecule has 0 unspecified atom stereocenters. The zero-order valence-corrected chi connectivity index (χ0v) is 7.49. The molecular formula is C4H6O2S3. The van der Waals surface area contributed by atoms with Crippen molar-refractivity contribution in [3.8, 4) is 0 Å². The number of thioether (sulfide) groups is 1. The van der Waals surface area contributed by atoms with Crippen molar-refractivity contribution in [3.63, 3.8) is 0 Å². The fourth-order valence-corrected chi connectivity index (χ4v) is 1.07. The van der Waals surface area contributed by atoms with Crippen LogP contribution < -0.4 is 0 Å². The molecule has 0 rings (SSSR count). The van der Waals surface area contributed by atoms with E-state index in [1.807, 2.05) is 0 Å². The maximum absolute atomic E-state index is 4.67. The molecular weight excluding hydrogens is 176 g/mol. The van der Waals surface area contributed by atoms with Gasteiger partial charge in [-0.15, -0.1) is 0 Å². The van der Waals surface area contributed by atoms with Gasteiger partial charge in [0.25, 0.3) is 0 Å². The van der Waals surface area contributed by atoms with E-state index in [1.165, 1.54) is 14.2 Å². The average molecular weight is 182 g/mol. The van der Waals surface area contributed by atoms with Gasteiger partial charge in [0.1, 0.15) is 0 Å². The second-order valence-electron chi connectivity index (χ2n) is 1.01. The van der Waals surface area contributed by atoms with Crippen molar-refractivity contribution in [2.75, 3.05) is 14.2 Å². The third-order valence-electron chi connectivity index (χ3n) is 0.500. The second-order valence-corrected chi connectivity index (χ2v) is 3.21. The fourth-order valence-electron chi connectivity index (χ4n) is 0.151. The molecule has 0 bridgehead atoms. The number of rotatable bonds is 0. The Morgan fingerprint density at radius 2 is 1.44 bits per heavy atom. The van der Waals surface area contributed by atoms with Gasteiger partial charge in [0, 0.05) is 11.8 Å². The fraction of sp³-hybridized carbons (Fsp3) is 0.500. The highest BCUT2D eigenvalue weighted by Crippen LogP contribution is 2.07. The Balaban J connectivity index is 3.47. The highest BCUT2D eigenvalue weighted by Gasteiger charge is 2.00. The summed E-state index contributed by atoms with van der Waals surface area (Å²) in [6, 6.07) is 0. The van der Waals surface area contributed by atoms with Crippen molar-refractivity contribution in [2.24, 2.45) is 0 Å². The largest absolute Gasteiger partial charge is 0.482 e. The van der Waals surface area contributed by atoms with Gasteiger partial charge in [-0.1, -0.05) is 0 Å². The van der Waals surface area contributed by atoms with E-state index in [9.17, 15) is 0 Å². The van der Waals surface area contributed by atoms with E-state index in [-0.39, 0.29) is 0 Å². The van der Waals surface area contributed by atoms with Crippen LogP contribution in [0.4, 0.5) is 0 Å². The van der Waals surface area contributed by atoms with Crippen LogP contribution in [0.2, 0.25) is 0 Å². The lowest BCUT2D eigenvalue weighted by Crippen LogP contribution is -1.97. The van der Waals surface area contributed by atoms with Crippen LogP contribution in [0, 0.1) is 0 Å². The average Bonchev–Trinajstić information content (AvgIpc) is 1.87. The number of thiocarbonyl (C=S) groups is 2. The molecule has 0 aromatic rings. The van der Waals surface area contributed by atoms with Crippen LogP contribution in [-0.4, -0.2) is 23.0 Å². The summed E-state index contributed by atoms with van der Waals surface area (Å²) in [6.07, 6.45) is 0. The highest BCUT2D eigenvalue weighted by atomic mass is 32.2. The Kier molecular flexibility index (Phi) is 5.03. The van der Waals surface area contributed by atoms with Gasteiger partial charge in [-0.2, -0.15) is 0 Å². The maximum Gasteiger partial charge on any atom is 0.228 e. The van der Waals surface area contributed by atoms with Crippen LogP contribution >= 0.6 is 36.2 Å². The molecule has 0 saturated carbocycles. The van der Waals surface area contributed by atoms with Gasteiger partial charge in [-0.05, 0) is 24.4 Å². The van der Waals surface area contributed by atoms with Crippen LogP contribution in [-0.2, 0) is 9.47 Å². The van der Waals surface area contributed by atoms with Crippen LogP contribution in [0.5, 0.6) is 0 Å². The highest BCUT2D eigenvalue weighted by molar-refractivity contribution is 8.37. The molecule has 5 heteroatoms.